The molecule has 0 N–H and O–H groups in total. The Morgan fingerprint density at radius 1 is 1.10 bits per heavy atom. The van der Waals surface area contributed by atoms with Crippen molar-refractivity contribution in [2.24, 2.45) is 0 Å². The van der Waals surface area contributed by atoms with E-state index < -0.39 is 27.5 Å². The summed E-state index contributed by atoms with van der Waals surface area (Å²) in [5.41, 5.74) is 0.701. The largest absolute Gasteiger partial charge is 0.541 e. The van der Waals surface area contributed by atoms with Crippen LogP contribution in [-0.4, -0.2) is 52.1 Å². The molecule has 1 heterocycles. The maximum atomic E-state index is 14.0. The van der Waals surface area contributed by atoms with Crippen LogP contribution in [0.5, 0.6) is 11.5 Å². The molecule has 1 aliphatic heterocycles. The summed E-state index contributed by atoms with van der Waals surface area (Å²) in [6.45, 7) is 19.6. The number of nitro benzene ring substituents is 1. The van der Waals surface area contributed by atoms with Crippen molar-refractivity contribution in [1.82, 2.24) is 4.90 Å². The van der Waals surface area contributed by atoms with Gasteiger partial charge < -0.3 is 18.5 Å². The Balaban J connectivity index is 2.55. The third kappa shape index (κ3) is 8.55. The molecule has 1 aromatic carbocycles. The molecule has 0 spiro atoms. The van der Waals surface area contributed by atoms with E-state index in [-0.39, 0.29) is 22.3 Å². The van der Waals surface area contributed by atoms with Crippen molar-refractivity contribution in [2.45, 2.75) is 116 Å². The van der Waals surface area contributed by atoms with E-state index in [1.54, 1.807) is 11.1 Å². The second-order valence-corrected chi connectivity index (χ2v) is 21.5. The zero-order chi connectivity index (χ0) is 31.0. The fourth-order valence-electron chi connectivity index (χ4n) is 5.30. The number of carbonyl (C=O) groups excluding carboxylic acids is 1. The summed E-state index contributed by atoms with van der Waals surface area (Å²) in [5, 5.41) is 12.4. The van der Waals surface area contributed by atoms with Crippen LogP contribution < -0.4 is 9.16 Å². The first-order valence-corrected chi connectivity index (χ1v) is 20.5. The van der Waals surface area contributed by atoms with Gasteiger partial charge in [0.1, 0.15) is 5.56 Å². The van der Waals surface area contributed by atoms with Crippen molar-refractivity contribution in [2.75, 3.05) is 13.7 Å². The van der Waals surface area contributed by atoms with E-state index in [0.29, 0.717) is 24.5 Å². The van der Waals surface area contributed by atoms with E-state index >= 15 is 0 Å². The first-order valence-electron chi connectivity index (χ1n) is 15.0. The molecular weight excluding hydrogens is 553 g/mol. The monoisotopic (exact) mass is 604 g/mol. The zero-order valence-corrected chi connectivity index (χ0v) is 29.0. The Kier molecular flexibility index (Phi) is 12.4. The number of nitrogens with zero attached hydrogens (tertiary/aromatic N) is 2. The number of amides is 1. The average Bonchev–Trinajstić information content (AvgIpc) is 3.29. The first kappa shape index (κ1) is 34.8. The van der Waals surface area contributed by atoms with E-state index in [0.717, 1.165) is 43.0 Å². The Bertz CT molecular complexity index is 1110. The van der Waals surface area contributed by atoms with Gasteiger partial charge in [-0.25, -0.2) is 0 Å². The lowest BCUT2D eigenvalue weighted by Gasteiger charge is -2.38. The van der Waals surface area contributed by atoms with Crippen LogP contribution in [0, 0.1) is 10.1 Å². The topological polar surface area (TPSA) is 91.1 Å². The smallest absolute Gasteiger partial charge is 0.286 e. The summed E-state index contributed by atoms with van der Waals surface area (Å²) in [5.74, 6) is 0.274. The highest BCUT2D eigenvalue weighted by Gasteiger charge is 2.41. The average molecular weight is 605 g/mol. The van der Waals surface area contributed by atoms with Crippen LogP contribution in [0.2, 0.25) is 36.3 Å². The lowest BCUT2D eigenvalue weighted by atomic mass is 10.1. The molecule has 0 saturated carbocycles. The fraction of sp³-hybridized carbons (Fsp3) is 0.645. The van der Waals surface area contributed by atoms with Crippen molar-refractivity contribution in [1.29, 1.82) is 0 Å². The van der Waals surface area contributed by atoms with Gasteiger partial charge in [0, 0.05) is 12.3 Å². The summed E-state index contributed by atoms with van der Waals surface area (Å²) in [7, 11) is -2.77. The molecule has 41 heavy (non-hydrogen) atoms. The molecule has 0 fully saturated rings. The molecular formula is C31H52N2O6Si2. The van der Waals surface area contributed by atoms with E-state index in [1.165, 1.54) is 19.2 Å². The van der Waals surface area contributed by atoms with E-state index in [4.69, 9.17) is 13.6 Å². The van der Waals surface area contributed by atoms with Crippen molar-refractivity contribution in [3.05, 3.63) is 51.7 Å². The molecule has 0 unspecified atom stereocenters. The molecule has 1 atom stereocenters. The van der Waals surface area contributed by atoms with Crippen LogP contribution in [-0.2, 0) is 4.43 Å². The molecule has 0 radical (unpaired) electrons. The fourth-order valence-corrected chi connectivity index (χ4v) is 10.8. The zero-order valence-electron chi connectivity index (χ0n) is 27.0. The van der Waals surface area contributed by atoms with Gasteiger partial charge in [-0.3, -0.25) is 14.9 Å². The van der Waals surface area contributed by atoms with Gasteiger partial charge in [0.25, 0.3) is 19.9 Å². The quantitative estimate of drug-likeness (QED) is 0.113. The first-order chi connectivity index (χ1) is 19.2. The molecule has 1 amide bonds. The minimum Gasteiger partial charge on any atom is -0.541 e. The molecule has 10 heteroatoms. The Morgan fingerprint density at radius 3 is 2.15 bits per heavy atom. The molecule has 0 aromatic heterocycles. The van der Waals surface area contributed by atoms with Crippen LogP contribution in [0.1, 0.15) is 84.5 Å². The predicted octanol–water partition coefficient (Wildman–Crippen LogP) is 8.85. The van der Waals surface area contributed by atoms with Gasteiger partial charge in [-0.1, -0.05) is 73.0 Å². The maximum Gasteiger partial charge on any atom is 0.286 e. The van der Waals surface area contributed by atoms with Crippen molar-refractivity contribution in [3.8, 4) is 11.5 Å². The number of carbonyl (C=O) groups is 1. The third-order valence-electron chi connectivity index (χ3n) is 8.38. The predicted molar refractivity (Wildman–Crippen MR) is 172 cm³/mol. The van der Waals surface area contributed by atoms with E-state index in [1.807, 2.05) is 19.1 Å². The van der Waals surface area contributed by atoms with Crippen LogP contribution in [0.4, 0.5) is 5.69 Å². The standard InChI is InChI=1S/C31H52N2O6Si2/c1-11-15-24-19-25(23-38-40(9,10)31(5,6)7)32(22-24)30(34)26-20-28(37-8)29(21-27(26)33(35)36)39-41(16-12-2,17-13-3)18-14-4/h11,15,20-22,25H,12-14,16-19,23H2,1-10H3/b15-11+/t25-/m0/s1. The summed E-state index contributed by atoms with van der Waals surface area (Å²) in [6, 6.07) is 5.54. The number of ether oxygens (including phenoxy) is 1. The van der Waals surface area contributed by atoms with Gasteiger partial charge in [-0.2, -0.15) is 0 Å². The molecule has 0 bridgehead atoms. The van der Waals surface area contributed by atoms with Gasteiger partial charge >= 0.3 is 0 Å². The number of hydrogen-bond donors (Lipinski definition) is 0. The Hall–Kier alpha value is -2.44. The van der Waals surface area contributed by atoms with Gasteiger partial charge in [-0.15, -0.1) is 0 Å². The van der Waals surface area contributed by atoms with Crippen molar-refractivity contribution < 1.29 is 23.3 Å². The minimum atomic E-state index is -2.21. The van der Waals surface area contributed by atoms with Gasteiger partial charge in [0.05, 0.1) is 30.7 Å². The number of methoxy groups -OCH3 is 1. The molecule has 8 nitrogen and oxygen atoms in total. The van der Waals surface area contributed by atoms with Crippen molar-refractivity contribution in [3.63, 3.8) is 0 Å². The second-order valence-electron chi connectivity index (χ2n) is 12.7. The number of hydrogen-bond acceptors (Lipinski definition) is 6. The minimum absolute atomic E-state index is 0.0109. The normalized spacial score (nSPS) is 16.3. The molecule has 230 valence electrons. The highest BCUT2D eigenvalue weighted by Crippen LogP contribution is 2.41. The van der Waals surface area contributed by atoms with Crippen LogP contribution in [0.3, 0.4) is 0 Å². The number of rotatable bonds is 15. The maximum absolute atomic E-state index is 14.0. The molecule has 1 aromatic rings. The highest BCUT2D eigenvalue weighted by atomic mass is 28.4. The molecule has 0 saturated heterocycles. The molecule has 1 aliphatic rings. The van der Waals surface area contributed by atoms with Crippen LogP contribution >= 0.6 is 0 Å². The van der Waals surface area contributed by atoms with Gasteiger partial charge in [0.2, 0.25) is 0 Å². The van der Waals surface area contributed by atoms with Gasteiger partial charge in [-0.05, 0) is 55.2 Å². The Labute approximate surface area is 249 Å². The van der Waals surface area contributed by atoms with Crippen LogP contribution in [0.25, 0.3) is 0 Å². The number of benzene rings is 1. The molecule has 2 rings (SSSR count). The SMILES string of the molecule is C/C=C/C1=CN(C(=O)c2cc(OC)c(O[Si](CCC)(CCC)CCC)cc2[N+](=O)[O-])[C@H](CO[Si](C)(C)C(C)(C)C)C1. The van der Waals surface area contributed by atoms with Crippen LogP contribution in [0.15, 0.2) is 36.1 Å². The number of allylic oxidation sites excluding steroid dienone is 2. The molecule has 0 aliphatic carbocycles. The van der Waals surface area contributed by atoms with E-state index in [9.17, 15) is 14.9 Å². The lowest BCUT2D eigenvalue weighted by molar-refractivity contribution is -0.385. The summed E-state index contributed by atoms with van der Waals surface area (Å²) in [4.78, 5) is 27.5. The summed E-state index contributed by atoms with van der Waals surface area (Å²) < 4.78 is 18.9. The van der Waals surface area contributed by atoms with Crippen molar-refractivity contribution >= 4 is 28.2 Å². The summed E-state index contributed by atoms with van der Waals surface area (Å²) >= 11 is 0. The third-order valence-corrected chi connectivity index (χ3v) is 17.8. The lowest BCUT2D eigenvalue weighted by Crippen LogP contribution is -2.45. The number of nitro groups is 1. The summed E-state index contributed by atoms with van der Waals surface area (Å²) in [6.07, 6.45) is 9.28. The second kappa shape index (κ2) is 14.6. The Morgan fingerprint density at radius 2 is 1.68 bits per heavy atom. The van der Waals surface area contributed by atoms with E-state index in [2.05, 4.69) is 54.6 Å². The highest BCUT2D eigenvalue weighted by molar-refractivity contribution is 6.74. The van der Waals surface area contributed by atoms with Gasteiger partial charge in [0.15, 0.2) is 19.8 Å².